The lowest BCUT2D eigenvalue weighted by Gasteiger charge is -2.11. The molecule has 0 atom stereocenters. The number of carbonyl (C=O) groups is 1. The third-order valence-corrected chi connectivity index (χ3v) is 3.46. The number of anilines is 1. The molecule has 2 N–H and O–H groups in total. The number of benzene rings is 2. The zero-order valence-electron chi connectivity index (χ0n) is 14.2. The first-order chi connectivity index (χ1) is 11.6. The highest BCUT2D eigenvalue weighted by atomic mass is 16.5. The largest absolute Gasteiger partial charge is 0.497 e. The topological polar surface area (TPSA) is 62.7 Å². The van der Waals surface area contributed by atoms with Crippen LogP contribution in [0.2, 0.25) is 0 Å². The predicted octanol–water partition coefficient (Wildman–Crippen LogP) is 3.28. The standard InChI is InChI=1S/C19H23N3O2/c1-14(2)19(15-7-5-4-6-8-15)22-21-18(23)13-20-16-9-11-17(24-3)12-10-16/h4-12,14,20H,13H2,1-3H3,(H,21,23)/b22-19+. The van der Waals surface area contributed by atoms with Crippen LogP contribution in [0.25, 0.3) is 0 Å². The van der Waals surface area contributed by atoms with Crippen molar-refractivity contribution in [2.24, 2.45) is 11.0 Å². The Balaban J connectivity index is 1.92. The maximum Gasteiger partial charge on any atom is 0.259 e. The van der Waals surface area contributed by atoms with E-state index < -0.39 is 0 Å². The van der Waals surface area contributed by atoms with E-state index in [1.165, 1.54) is 0 Å². The Hall–Kier alpha value is -2.82. The van der Waals surface area contributed by atoms with E-state index >= 15 is 0 Å². The van der Waals surface area contributed by atoms with Crippen molar-refractivity contribution in [2.45, 2.75) is 13.8 Å². The molecular formula is C19H23N3O2. The molecule has 126 valence electrons. The van der Waals surface area contributed by atoms with Crippen LogP contribution in [0.1, 0.15) is 19.4 Å². The van der Waals surface area contributed by atoms with Gasteiger partial charge in [0.2, 0.25) is 0 Å². The van der Waals surface area contributed by atoms with Gasteiger partial charge in [0.15, 0.2) is 0 Å². The summed E-state index contributed by atoms with van der Waals surface area (Å²) in [7, 11) is 1.62. The Morgan fingerprint density at radius 3 is 2.33 bits per heavy atom. The Kier molecular flexibility index (Phi) is 6.37. The first-order valence-electron chi connectivity index (χ1n) is 7.90. The van der Waals surface area contributed by atoms with Gasteiger partial charge in [0.05, 0.1) is 19.4 Å². The average Bonchev–Trinajstić information content (AvgIpc) is 2.61. The van der Waals surface area contributed by atoms with E-state index in [1.54, 1.807) is 7.11 Å². The van der Waals surface area contributed by atoms with Crippen LogP contribution in [0, 0.1) is 5.92 Å². The summed E-state index contributed by atoms with van der Waals surface area (Å²) >= 11 is 0. The van der Waals surface area contributed by atoms with Crippen molar-refractivity contribution in [1.29, 1.82) is 0 Å². The summed E-state index contributed by atoms with van der Waals surface area (Å²) in [5.41, 5.74) is 5.33. The third-order valence-electron chi connectivity index (χ3n) is 3.46. The number of hydrazone groups is 1. The molecule has 0 fully saturated rings. The number of nitrogens with zero attached hydrogens (tertiary/aromatic N) is 1. The molecule has 2 aromatic carbocycles. The zero-order valence-corrected chi connectivity index (χ0v) is 14.2. The van der Waals surface area contributed by atoms with Gasteiger partial charge >= 0.3 is 0 Å². The Labute approximate surface area is 142 Å². The van der Waals surface area contributed by atoms with Gasteiger partial charge in [-0.25, -0.2) is 5.43 Å². The number of rotatable bonds is 7. The summed E-state index contributed by atoms with van der Waals surface area (Å²) in [6.45, 7) is 4.25. The summed E-state index contributed by atoms with van der Waals surface area (Å²) in [6.07, 6.45) is 0. The van der Waals surface area contributed by atoms with E-state index in [-0.39, 0.29) is 18.4 Å². The fourth-order valence-electron chi connectivity index (χ4n) is 2.19. The summed E-state index contributed by atoms with van der Waals surface area (Å²) in [4.78, 5) is 12.0. The number of carbonyl (C=O) groups excluding carboxylic acids is 1. The van der Waals surface area contributed by atoms with Gasteiger partial charge in [0, 0.05) is 5.69 Å². The second kappa shape index (κ2) is 8.72. The van der Waals surface area contributed by atoms with Crippen molar-refractivity contribution in [2.75, 3.05) is 19.0 Å². The normalized spacial score (nSPS) is 11.2. The summed E-state index contributed by atoms with van der Waals surface area (Å²) < 4.78 is 5.10. The molecule has 24 heavy (non-hydrogen) atoms. The van der Waals surface area contributed by atoms with E-state index in [9.17, 15) is 4.79 Å². The molecule has 5 nitrogen and oxygen atoms in total. The molecule has 0 aliphatic carbocycles. The molecule has 1 amide bonds. The molecule has 5 heteroatoms. The van der Waals surface area contributed by atoms with Crippen molar-refractivity contribution < 1.29 is 9.53 Å². The SMILES string of the molecule is COc1ccc(NCC(=O)N/N=C(/c2ccccc2)C(C)C)cc1. The number of nitrogens with one attached hydrogen (secondary N) is 2. The molecule has 0 aliphatic heterocycles. The fourth-order valence-corrected chi connectivity index (χ4v) is 2.19. The van der Waals surface area contributed by atoms with Gasteiger partial charge in [0.25, 0.3) is 5.91 Å². The third kappa shape index (κ3) is 5.12. The highest BCUT2D eigenvalue weighted by Crippen LogP contribution is 2.14. The lowest BCUT2D eigenvalue weighted by Crippen LogP contribution is -2.28. The molecule has 0 unspecified atom stereocenters. The highest BCUT2D eigenvalue weighted by molar-refractivity contribution is 6.02. The van der Waals surface area contributed by atoms with Gasteiger partial charge in [-0.2, -0.15) is 5.10 Å². The molecule has 0 saturated carbocycles. The fraction of sp³-hybridized carbons (Fsp3) is 0.263. The highest BCUT2D eigenvalue weighted by Gasteiger charge is 2.09. The quantitative estimate of drug-likeness (QED) is 0.606. The monoisotopic (exact) mass is 325 g/mol. The van der Waals surface area contributed by atoms with Gasteiger partial charge in [-0.05, 0) is 35.7 Å². The molecule has 0 bridgehead atoms. The molecule has 0 spiro atoms. The van der Waals surface area contributed by atoms with E-state index in [0.717, 1.165) is 22.7 Å². The smallest absolute Gasteiger partial charge is 0.259 e. The first-order valence-corrected chi connectivity index (χ1v) is 7.90. The Bertz CT molecular complexity index is 680. The molecule has 0 heterocycles. The molecule has 0 aliphatic rings. The van der Waals surface area contributed by atoms with E-state index in [2.05, 4.69) is 15.8 Å². The molecule has 0 aromatic heterocycles. The summed E-state index contributed by atoms with van der Waals surface area (Å²) in [5, 5.41) is 7.34. The summed E-state index contributed by atoms with van der Waals surface area (Å²) in [5.74, 6) is 0.793. The number of hydrogen-bond donors (Lipinski definition) is 2. The van der Waals surface area contributed by atoms with Crippen LogP contribution >= 0.6 is 0 Å². The number of amides is 1. The van der Waals surface area contributed by atoms with E-state index in [0.29, 0.717) is 0 Å². The van der Waals surface area contributed by atoms with E-state index in [4.69, 9.17) is 4.74 Å². The lowest BCUT2D eigenvalue weighted by molar-refractivity contribution is -0.119. The maximum atomic E-state index is 12.0. The first kappa shape index (κ1) is 17.5. The zero-order chi connectivity index (χ0) is 17.4. The number of ether oxygens (including phenoxy) is 1. The van der Waals surface area contributed by atoms with Crippen molar-refractivity contribution in [3.63, 3.8) is 0 Å². The molecule has 2 rings (SSSR count). The number of hydrogen-bond acceptors (Lipinski definition) is 4. The number of methoxy groups -OCH3 is 1. The average molecular weight is 325 g/mol. The van der Waals surface area contributed by atoms with Gasteiger partial charge in [-0.3, -0.25) is 4.79 Å². The van der Waals surface area contributed by atoms with Crippen molar-refractivity contribution in [3.05, 3.63) is 60.2 Å². The Morgan fingerprint density at radius 2 is 1.75 bits per heavy atom. The van der Waals surface area contributed by atoms with Crippen LogP contribution in [-0.4, -0.2) is 25.3 Å². The molecule has 2 aromatic rings. The maximum absolute atomic E-state index is 12.0. The van der Waals surface area contributed by atoms with Crippen LogP contribution in [0.4, 0.5) is 5.69 Å². The van der Waals surface area contributed by atoms with Gasteiger partial charge < -0.3 is 10.1 Å². The van der Waals surface area contributed by atoms with Crippen LogP contribution < -0.4 is 15.5 Å². The second-order valence-corrected chi connectivity index (χ2v) is 5.63. The second-order valence-electron chi connectivity index (χ2n) is 5.63. The van der Waals surface area contributed by atoms with Gasteiger partial charge in [0.1, 0.15) is 5.75 Å². The molecule has 0 saturated heterocycles. The van der Waals surface area contributed by atoms with Crippen molar-refractivity contribution in [1.82, 2.24) is 5.43 Å². The van der Waals surface area contributed by atoms with Gasteiger partial charge in [-0.1, -0.05) is 44.2 Å². The minimum atomic E-state index is -0.195. The Morgan fingerprint density at radius 1 is 1.08 bits per heavy atom. The summed E-state index contributed by atoms with van der Waals surface area (Å²) in [6, 6.07) is 17.2. The molecular weight excluding hydrogens is 302 g/mol. The van der Waals surface area contributed by atoms with E-state index in [1.807, 2.05) is 68.4 Å². The van der Waals surface area contributed by atoms with Crippen molar-refractivity contribution in [3.8, 4) is 5.75 Å². The van der Waals surface area contributed by atoms with Gasteiger partial charge in [-0.15, -0.1) is 0 Å². The molecule has 0 radical (unpaired) electrons. The minimum Gasteiger partial charge on any atom is -0.497 e. The minimum absolute atomic E-state index is 0.149. The predicted molar refractivity (Wildman–Crippen MR) is 97.4 cm³/mol. The van der Waals surface area contributed by atoms with Crippen molar-refractivity contribution >= 4 is 17.3 Å². The van der Waals surface area contributed by atoms with Crippen LogP contribution in [-0.2, 0) is 4.79 Å². The van der Waals surface area contributed by atoms with Crippen LogP contribution in [0.15, 0.2) is 59.7 Å². The lowest BCUT2D eigenvalue weighted by atomic mass is 10.0. The van der Waals surface area contributed by atoms with Crippen LogP contribution in [0.5, 0.6) is 5.75 Å². The van der Waals surface area contributed by atoms with Crippen LogP contribution in [0.3, 0.4) is 0 Å².